The summed E-state index contributed by atoms with van der Waals surface area (Å²) in [6.07, 6.45) is 1.62. The molecule has 0 amide bonds. The van der Waals surface area contributed by atoms with Crippen molar-refractivity contribution in [1.29, 1.82) is 0 Å². The van der Waals surface area contributed by atoms with E-state index in [1.54, 1.807) is 25.5 Å². The molecule has 11 nitrogen and oxygen atoms in total. The standard InChI is InChI=1S/C23H18N6O5S/c1-32-18-5-2-4-16(12-18)22-25-26-23(28(22)13-19-6-3-11-33-19)35-14-20-24-21(27-34-20)15-7-9-17(10-8-15)29(30)31/h2-12H,13-14H2,1H3. The van der Waals surface area contributed by atoms with E-state index in [0.717, 1.165) is 11.3 Å². The lowest BCUT2D eigenvalue weighted by Gasteiger charge is -2.09. The average Bonchev–Trinajstić information content (AvgIpc) is 3.65. The molecule has 5 rings (SSSR count). The molecule has 35 heavy (non-hydrogen) atoms. The zero-order valence-electron chi connectivity index (χ0n) is 18.4. The molecule has 3 heterocycles. The van der Waals surface area contributed by atoms with E-state index < -0.39 is 4.92 Å². The molecule has 0 aliphatic rings. The number of hydrogen-bond acceptors (Lipinski definition) is 10. The van der Waals surface area contributed by atoms with Crippen molar-refractivity contribution in [1.82, 2.24) is 24.9 Å². The second-order valence-corrected chi connectivity index (χ2v) is 8.25. The van der Waals surface area contributed by atoms with Gasteiger partial charge >= 0.3 is 0 Å². The van der Waals surface area contributed by atoms with Crippen LogP contribution in [0.1, 0.15) is 11.7 Å². The minimum absolute atomic E-state index is 0.00393. The van der Waals surface area contributed by atoms with Crippen LogP contribution in [-0.2, 0) is 12.3 Å². The summed E-state index contributed by atoms with van der Waals surface area (Å²) in [6, 6.07) is 17.3. The lowest BCUT2D eigenvalue weighted by atomic mass is 10.2. The molecular formula is C23H18N6O5S. The molecule has 0 atom stereocenters. The van der Waals surface area contributed by atoms with Crippen molar-refractivity contribution in [2.45, 2.75) is 17.5 Å². The second kappa shape index (κ2) is 9.81. The van der Waals surface area contributed by atoms with Gasteiger partial charge in [-0.25, -0.2) is 0 Å². The highest BCUT2D eigenvalue weighted by molar-refractivity contribution is 7.98. The van der Waals surface area contributed by atoms with Crippen LogP contribution in [0.25, 0.3) is 22.8 Å². The van der Waals surface area contributed by atoms with Crippen LogP contribution in [0.2, 0.25) is 0 Å². The first-order valence-corrected chi connectivity index (χ1v) is 11.4. The summed E-state index contributed by atoms with van der Waals surface area (Å²) in [5, 5.41) is 24.3. The highest BCUT2D eigenvalue weighted by Gasteiger charge is 2.18. The molecule has 0 N–H and O–H groups in total. The molecule has 0 aliphatic carbocycles. The maximum absolute atomic E-state index is 10.9. The summed E-state index contributed by atoms with van der Waals surface area (Å²) in [5.74, 6) is 3.24. The molecule has 0 fully saturated rings. The maximum atomic E-state index is 10.9. The normalized spacial score (nSPS) is 11.0. The van der Waals surface area contributed by atoms with Crippen LogP contribution in [0.4, 0.5) is 5.69 Å². The summed E-state index contributed by atoms with van der Waals surface area (Å²) >= 11 is 1.39. The molecule has 0 aliphatic heterocycles. The Labute approximate surface area is 202 Å². The number of aromatic nitrogens is 5. The fraction of sp³-hybridized carbons (Fsp3) is 0.130. The molecule has 176 valence electrons. The molecule has 0 bridgehead atoms. The zero-order valence-corrected chi connectivity index (χ0v) is 19.2. The Kier molecular flexibility index (Phi) is 6.26. The smallest absolute Gasteiger partial charge is 0.269 e. The Morgan fingerprint density at radius 1 is 1.09 bits per heavy atom. The number of nitro groups is 1. The van der Waals surface area contributed by atoms with Crippen LogP contribution in [-0.4, -0.2) is 36.9 Å². The third-order valence-corrected chi connectivity index (χ3v) is 6.02. The summed E-state index contributed by atoms with van der Waals surface area (Å²) in [4.78, 5) is 14.8. The molecular weight excluding hydrogens is 472 g/mol. The summed E-state index contributed by atoms with van der Waals surface area (Å²) < 4.78 is 18.2. The van der Waals surface area contributed by atoms with Gasteiger partial charge in [-0.05, 0) is 36.4 Å². The van der Waals surface area contributed by atoms with Crippen molar-refractivity contribution in [3.63, 3.8) is 0 Å². The van der Waals surface area contributed by atoms with Crippen molar-refractivity contribution >= 4 is 17.4 Å². The van der Waals surface area contributed by atoms with Crippen LogP contribution in [0.5, 0.6) is 5.75 Å². The van der Waals surface area contributed by atoms with Gasteiger partial charge in [0.1, 0.15) is 11.5 Å². The van der Waals surface area contributed by atoms with E-state index in [0.29, 0.717) is 46.3 Å². The predicted molar refractivity (Wildman–Crippen MR) is 126 cm³/mol. The molecule has 0 spiro atoms. The van der Waals surface area contributed by atoms with Crippen molar-refractivity contribution in [3.05, 3.63) is 88.7 Å². The fourth-order valence-corrected chi connectivity index (χ4v) is 4.14. The third-order valence-electron chi connectivity index (χ3n) is 5.07. The van der Waals surface area contributed by atoms with Gasteiger partial charge in [0, 0.05) is 23.3 Å². The van der Waals surface area contributed by atoms with Gasteiger partial charge in [0.25, 0.3) is 5.69 Å². The number of non-ortho nitro benzene ring substituents is 1. The van der Waals surface area contributed by atoms with Gasteiger partial charge in [-0.3, -0.25) is 14.7 Å². The molecule has 0 radical (unpaired) electrons. The lowest BCUT2D eigenvalue weighted by molar-refractivity contribution is -0.384. The number of methoxy groups -OCH3 is 1. The van der Waals surface area contributed by atoms with Gasteiger partial charge in [0.15, 0.2) is 11.0 Å². The van der Waals surface area contributed by atoms with Crippen molar-refractivity contribution in [2.24, 2.45) is 0 Å². The van der Waals surface area contributed by atoms with Gasteiger partial charge in [-0.15, -0.1) is 10.2 Å². The quantitative estimate of drug-likeness (QED) is 0.160. The minimum atomic E-state index is -0.458. The Bertz CT molecular complexity index is 1450. The Balaban J connectivity index is 1.37. The van der Waals surface area contributed by atoms with Gasteiger partial charge in [0.2, 0.25) is 11.7 Å². The monoisotopic (exact) mass is 490 g/mol. The van der Waals surface area contributed by atoms with Gasteiger partial charge in [0.05, 0.1) is 30.6 Å². The second-order valence-electron chi connectivity index (χ2n) is 7.31. The van der Waals surface area contributed by atoms with E-state index in [1.165, 1.54) is 23.9 Å². The zero-order chi connectivity index (χ0) is 24.2. The van der Waals surface area contributed by atoms with Crippen molar-refractivity contribution in [2.75, 3.05) is 7.11 Å². The average molecular weight is 491 g/mol. The molecule has 0 saturated carbocycles. The Morgan fingerprint density at radius 2 is 1.94 bits per heavy atom. The molecule has 0 saturated heterocycles. The summed E-state index contributed by atoms with van der Waals surface area (Å²) in [5.41, 5.74) is 1.47. The van der Waals surface area contributed by atoms with Crippen LogP contribution >= 0.6 is 11.8 Å². The number of thioether (sulfide) groups is 1. The molecule has 12 heteroatoms. The van der Waals surface area contributed by atoms with E-state index in [-0.39, 0.29) is 5.69 Å². The van der Waals surface area contributed by atoms with Crippen LogP contribution in [0.15, 0.2) is 81.0 Å². The number of benzene rings is 2. The predicted octanol–water partition coefficient (Wildman–Crippen LogP) is 4.85. The Morgan fingerprint density at radius 3 is 2.69 bits per heavy atom. The Hall–Kier alpha value is -4.45. The van der Waals surface area contributed by atoms with Crippen LogP contribution in [0, 0.1) is 10.1 Å². The first-order valence-electron chi connectivity index (χ1n) is 10.4. The largest absolute Gasteiger partial charge is 0.497 e. The van der Waals surface area contributed by atoms with Crippen molar-refractivity contribution < 1.29 is 18.6 Å². The number of nitrogens with zero attached hydrogens (tertiary/aromatic N) is 6. The highest BCUT2D eigenvalue weighted by atomic mass is 32.2. The van der Waals surface area contributed by atoms with E-state index in [2.05, 4.69) is 20.3 Å². The lowest BCUT2D eigenvalue weighted by Crippen LogP contribution is -2.03. The first-order chi connectivity index (χ1) is 17.1. The summed E-state index contributed by atoms with van der Waals surface area (Å²) in [7, 11) is 1.61. The minimum Gasteiger partial charge on any atom is -0.497 e. The van der Waals surface area contributed by atoms with E-state index >= 15 is 0 Å². The number of hydrogen-bond donors (Lipinski definition) is 0. The van der Waals surface area contributed by atoms with E-state index in [1.807, 2.05) is 41.0 Å². The van der Waals surface area contributed by atoms with Gasteiger partial charge in [-0.2, -0.15) is 4.98 Å². The number of furan rings is 1. The van der Waals surface area contributed by atoms with Gasteiger partial charge < -0.3 is 13.7 Å². The van der Waals surface area contributed by atoms with Crippen molar-refractivity contribution in [3.8, 4) is 28.5 Å². The number of nitro benzene ring substituents is 1. The highest BCUT2D eigenvalue weighted by Crippen LogP contribution is 2.29. The molecule has 5 aromatic rings. The molecule has 3 aromatic heterocycles. The van der Waals surface area contributed by atoms with Gasteiger partial charge in [-0.1, -0.05) is 29.1 Å². The van der Waals surface area contributed by atoms with E-state index in [9.17, 15) is 10.1 Å². The first kappa shape index (κ1) is 22.3. The topological polar surface area (TPSA) is 135 Å². The molecule has 2 aromatic carbocycles. The number of rotatable bonds is 9. The number of ether oxygens (including phenoxy) is 1. The van der Waals surface area contributed by atoms with E-state index in [4.69, 9.17) is 13.7 Å². The summed E-state index contributed by atoms with van der Waals surface area (Å²) in [6.45, 7) is 0.437. The SMILES string of the molecule is COc1cccc(-c2nnc(SCc3nc(-c4ccc([N+](=O)[O-])cc4)no3)n2Cc2ccco2)c1. The molecule has 0 unspecified atom stereocenters. The van der Waals surface area contributed by atoms with Crippen LogP contribution in [0.3, 0.4) is 0 Å². The fourth-order valence-electron chi connectivity index (χ4n) is 3.36. The third kappa shape index (κ3) is 4.92. The van der Waals surface area contributed by atoms with Crippen LogP contribution < -0.4 is 4.74 Å². The maximum Gasteiger partial charge on any atom is 0.269 e.